The van der Waals surface area contributed by atoms with Crippen LogP contribution in [-0.2, 0) is 11.3 Å². The van der Waals surface area contributed by atoms with Crippen LogP contribution in [0, 0.1) is 19.8 Å². The van der Waals surface area contributed by atoms with E-state index in [4.69, 9.17) is 0 Å². The van der Waals surface area contributed by atoms with Gasteiger partial charge in [0, 0.05) is 22.3 Å². The molecule has 0 aliphatic carbocycles. The molecule has 7 nitrogen and oxygen atoms in total. The Morgan fingerprint density at radius 3 is 2.41 bits per heavy atom. The first-order valence-electron chi connectivity index (χ1n) is 11.2. The van der Waals surface area contributed by atoms with Crippen LogP contribution in [-0.4, -0.2) is 32.3 Å². The maximum Gasteiger partial charge on any atom is 0.251 e. The molecule has 0 fully saturated rings. The molecule has 0 aliphatic rings. The SMILES string of the molecule is CCn1c(SCC(=O)Nc2ccc(Br)c(C)c2)nnc1C(NC(=O)c1ccc(C)cc1)C(C)C. The molecule has 3 aromatic rings. The first-order chi connectivity index (χ1) is 16.2. The van der Waals surface area contributed by atoms with Crippen LogP contribution in [0.2, 0.25) is 0 Å². The van der Waals surface area contributed by atoms with Gasteiger partial charge < -0.3 is 15.2 Å². The van der Waals surface area contributed by atoms with Gasteiger partial charge in [-0.25, -0.2) is 0 Å². The van der Waals surface area contributed by atoms with Crippen LogP contribution in [0.3, 0.4) is 0 Å². The standard InChI is InChI=1S/C25H30BrN5O2S/c1-6-31-23(22(15(2)3)28-24(33)18-9-7-16(4)8-10-18)29-30-25(31)34-14-21(32)27-19-11-12-20(26)17(5)13-19/h7-13,15,22H,6,14H2,1-5H3,(H,27,32)(H,28,33). The molecule has 0 spiro atoms. The summed E-state index contributed by atoms with van der Waals surface area (Å²) in [5.74, 6) is 0.722. The van der Waals surface area contributed by atoms with E-state index < -0.39 is 0 Å². The predicted octanol–water partition coefficient (Wildman–Crippen LogP) is 5.54. The molecule has 9 heteroatoms. The van der Waals surface area contributed by atoms with Gasteiger partial charge in [0.15, 0.2) is 11.0 Å². The van der Waals surface area contributed by atoms with E-state index >= 15 is 0 Å². The molecule has 2 N–H and O–H groups in total. The number of benzene rings is 2. The molecule has 1 heterocycles. The van der Waals surface area contributed by atoms with Crippen LogP contribution in [0.1, 0.15) is 54.1 Å². The van der Waals surface area contributed by atoms with Crippen molar-refractivity contribution in [1.29, 1.82) is 0 Å². The highest BCUT2D eigenvalue weighted by Crippen LogP contribution is 2.26. The van der Waals surface area contributed by atoms with Crippen molar-refractivity contribution in [3.05, 3.63) is 69.5 Å². The lowest BCUT2D eigenvalue weighted by molar-refractivity contribution is -0.113. The van der Waals surface area contributed by atoms with E-state index in [1.807, 2.05) is 81.7 Å². The number of thioether (sulfide) groups is 1. The number of nitrogens with zero attached hydrogens (tertiary/aromatic N) is 3. The minimum atomic E-state index is -0.310. The number of hydrogen-bond donors (Lipinski definition) is 2. The van der Waals surface area contributed by atoms with Gasteiger partial charge in [0.25, 0.3) is 5.91 Å². The summed E-state index contributed by atoms with van der Waals surface area (Å²) >= 11 is 4.80. The number of nitrogens with one attached hydrogen (secondary N) is 2. The van der Waals surface area contributed by atoms with Gasteiger partial charge in [0.2, 0.25) is 5.91 Å². The zero-order chi connectivity index (χ0) is 24.8. The zero-order valence-electron chi connectivity index (χ0n) is 20.1. The molecule has 2 aromatic carbocycles. The summed E-state index contributed by atoms with van der Waals surface area (Å²) in [6, 6.07) is 12.9. The van der Waals surface area contributed by atoms with Crippen molar-refractivity contribution >= 4 is 45.2 Å². The Labute approximate surface area is 213 Å². The molecule has 34 heavy (non-hydrogen) atoms. The molecule has 0 saturated heterocycles. The van der Waals surface area contributed by atoms with E-state index in [-0.39, 0.29) is 29.5 Å². The Balaban J connectivity index is 1.70. The number of hydrogen-bond acceptors (Lipinski definition) is 5. The fourth-order valence-corrected chi connectivity index (χ4v) is 4.50. The van der Waals surface area contributed by atoms with E-state index in [0.717, 1.165) is 21.3 Å². The number of anilines is 1. The number of carbonyl (C=O) groups is 2. The van der Waals surface area contributed by atoms with Gasteiger partial charge in [-0.1, -0.05) is 59.2 Å². The molecule has 0 bridgehead atoms. The third-order valence-electron chi connectivity index (χ3n) is 5.38. The number of carbonyl (C=O) groups excluding carboxylic acids is 2. The van der Waals surface area contributed by atoms with Crippen molar-refractivity contribution in [1.82, 2.24) is 20.1 Å². The number of amides is 2. The highest BCUT2D eigenvalue weighted by Gasteiger charge is 2.26. The second-order valence-electron chi connectivity index (χ2n) is 8.45. The van der Waals surface area contributed by atoms with Gasteiger partial charge in [0.1, 0.15) is 0 Å². The van der Waals surface area contributed by atoms with E-state index in [9.17, 15) is 9.59 Å². The molecule has 180 valence electrons. The van der Waals surface area contributed by atoms with Gasteiger partial charge in [-0.15, -0.1) is 10.2 Å². The van der Waals surface area contributed by atoms with Gasteiger partial charge >= 0.3 is 0 Å². The Hall–Kier alpha value is -2.65. The third-order valence-corrected chi connectivity index (χ3v) is 7.24. The minimum Gasteiger partial charge on any atom is -0.342 e. The summed E-state index contributed by atoms with van der Waals surface area (Å²) in [6.45, 7) is 10.7. The average molecular weight is 545 g/mol. The molecular formula is C25H30BrN5O2S. The monoisotopic (exact) mass is 543 g/mol. The van der Waals surface area contributed by atoms with Crippen LogP contribution in [0.25, 0.3) is 0 Å². The predicted molar refractivity (Wildman–Crippen MR) is 140 cm³/mol. The summed E-state index contributed by atoms with van der Waals surface area (Å²) in [5, 5.41) is 15.4. The molecule has 3 rings (SSSR count). The van der Waals surface area contributed by atoms with Crippen LogP contribution in [0.4, 0.5) is 5.69 Å². The quantitative estimate of drug-likeness (QED) is 0.346. The molecule has 1 unspecified atom stereocenters. The Bertz CT molecular complexity index is 1160. The molecule has 0 saturated carbocycles. The minimum absolute atomic E-state index is 0.102. The van der Waals surface area contributed by atoms with Crippen molar-refractivity contribution in [2.45, 2.75) is 52.4 Å². The fourth-order valence-electron chi connectivity index (χ4n) is 3.44. The lowest BCUT2D eigenvalue weighted by atomic mass is 10.0. The van der Waals surface area contributed by atoms with Gasteiger partial charge in [-0.05, 0) is 62.6 Å². The molecular weight excluding hydrogens is 514 g/mol. The zero-order valence-corrected chi connectivity index (χ0v) is 22.5. The van der Waals surface area contributed by atoms with Gasteiger partial charge in [-0.3, -0.25) is 9.59 Å². The molecule has 1 aromatic heterocycles. The highest BCUT2D eigenvalue weighted by molar-refractivity contribution is 9.10. The summed E-state index contributed by atoms with van der Waals surface area (Å²) in [4.78, 5) is 25.4. The van der Waals surface area contributed by atoms with E-state index in [2.05, 4.69) is 36.8 Å². The van der Waals surface area contributed by atoms with Crippen molar-refractivity contribution in [3.63, 3.8) is 0 Å². The molecule has 2 amide bonds. The Morgan fingerprint density at radius 2 is 1.79 bits per heavy atom. The van der Waals surface area contributed by atoms with Crippen molar-refractivity contribution < 1.29 is 9.59 Å². The van der Waals surface area contributed by atoms with Crippen molar-refractivity contribution in [2.24, 2.45) is 5.92 Å². The molecule has 1 atom stereocenters. The van der Waals surface area contributed by atoms with Gasteiger partial charge in [-0.2, -0.15) is 0 Å². The lowest BCUT2D eigenvalue weighted by Gasteiger charge is -2.22. The summed E-state index contributed by atoms with van der Waals surface area (Å²) in [6.07, 6.45) is 0. The molecule has 0 radical (unpaired) electrons. The highest BCUT2D eigenvalue weighted by atomic mass is 79.9. The summed E-state index contributed by atoms with van der Waals surface area (Å²) in [7, 11) is 0. The summed E-state index contributed by atoms with van der Waals surface area (Å²) < 4.78 is 2.96. The second kappa shape index (κ2) is 11.7. The Morgan fingerprint density at radius 1 is 1.09 bits per heavy atom. The van der Waals surface area contributed by atoms with Gasteiger partial charge in [0.05, 0.1) is 11.8 Å². The number of aryl methyl sites for hydroxylation is 2. The van der Waals surface area contributed by atoms with Crippen LogP contribution >= 0.6 is 27.7 Å². The van der Waals surface area contributed by atoms with Crippen LogP contribution < -0.4 is 10.6 Å². The number of rotatable bonds is 9. The first kappa shape index (κ1) is 26.0. The Kier molecular flexibility index (Phi) is 8.90. The largest absolute Gasteiger partial charge is 0.342 e. The smallest absolute Gasteiger partial charge is 0.251 e. The topological polar surface area (TPSA) is 88.9 Å². The van der Waals surface area contributed by atoms with Crippen LogP contribution in [0.5, 0.6) is 0 Å². The second-order valence-corrected chi connectivity index (χ2v) is 10.2. The third kappa shape index (κ3) is 6.48. The van der Waals surface area contributed by atoms with Crippen LogP contribution in [0.15, 0.2) is 52.1 Å². The van der Waals surface area contributed by atoms with E-state index in [1.54, 1.807) is 0 Å². The number of halogens is 1. The van der Waals surface area contributed by atoms with Crippen molar-refractivity contribution in [3.8, 4) is 0 Å². The fraction of sp³-hybridized carbons (Fsp3) is 0.360. The summed E-state index contributed by atoms with van der Waals surface area (Å²) in [5.41, 5.74) is 3.51. The van der Waals surface area contributed by atoms with E-state index in [0.29, 0.717) is 23.1 Å². The normalized spacial score (nSPS) is 12.0. The average Bonchev–Trinajstić information content (AvgIpc) is 3.21. The first-order valence-corrected chi connectivity index (χ1v) is 13.0. The molecule has 0 aliphatic heterocycles. The van der Waals surface area contributed by atoms with Crippen molar-refractivity contribution in [2.75, 3.05) is 11.1 Å². The number of aromatic nitrogens is 3. The maximum absolute atomic E-state index is 12.9. The van der Waals surface area contributed by atoms with E-state index in [1.165, 1.54) is 11.8 Å². The lowest BCUT2D eigenvalue weighted by Crippen LogP contribution is -2.33. The maximum atomic E-state index is 12.9.